The number of hydrogen-bond donors (Lipinski definition) is 3. The van der Waals surface area contributed by atoms with E-state index < -0.39 is 7.14 Å². The lowest BCUT2D eigenvalue weighted by molar-refractivity contribution is 0.416. The number of aryl methyl sites for hydroxylation is 1. The monoisotopic (exact) mass is 567 g/mol. The fraction of sp³-hybridized carbons (Fsp3) is 0.240. The summed E-state index contributed by atoms with van der Waals surface area (Å²) in [6, 6.07) is 11.6. The molecule has 0 fully saturated rings. The smallest absolute Gasteiger partial charge is 0.229 e. The van der Waals surface area contributed by atoms with Crippen molar-refractivity contribution in [3.8, 4) is 16.9 Å². The molecule has 1 aliphatic rings. The number of fused-ring (bicyclic) bond motifs is 3. The molecule has 4 aromatic rings. The number of nitrogens with one attached hydrogen (secondary N) is 3. The average molecular weight is 568 g/mol. The van der Waals surface area contributed by atoms with Crippen molar-refractivity contribution in [3.63, 3.8) is 0 Å². The summed E-state index contributed by atoms with van der Waals surface area (Å²) in [6.45, 7) is 4.97. The average Bonchev–Trinajstić information content (AvgIpc) is 3.11. The van der Waals surface area contributed by atoms with E-state index in [4.69, 9.17) is 4.74 Å². The van der Waals surface area contributed by atoms with E-state index in [0.717, 1.165) is 52.2 Å². The summed E-state index contributed by atoms with van der Waals surface area (Å²) in [5.41, 5.74) is 5.91. The van der Waals surface area contributed by atoms with Crippen molar-refractivity contribution in [1.82, 2.24) is 25.1 Å². The number of anilines is 4. The van der Waals surface area contributed by atoms with Crippen LogP contribution in [0.1, 0.15) is 11.3 Å². The molecule has 2 aromatic heterocycles. The Morgan fingerprint density at radius 2 is 1.89 bits per heavy atom. The Hall–Kier alpha value is -3.20. The summed E-state index contributed by atoms with van der Waals surface area (Å²) in [5, 5.41) is 15.3. The first kappa shape index (κ1) is 24.5. The highest BCUT2D eigenvalue weighted by atomic mass is 79.9. The zero-order chi connectivity index (χ0) is 25.4. The Morgan fingerprint density at radius 1 is 1.08 bits per heavy atom. The molecule has 186 valence electrons. The van der Waals surface area contributed by atoms with Crippen LogP contribution in [0.3, 0.4) is 0 Å². The lowest BCUT2D eigenvalue weighted by Crippen LogP contribution is -2.13. The minimum Gasteiger partial charge on any atom is -0.495 e. The largest absolute Gasteiger partial charge is 0.495 e. The first-order chi connectivity index (χ1) is 17.2. The predicted octanol–water partition coefficient (Wildman–Crippen LogP) is 4.99. The van der Waals surface area contributed by atoms with Gasteiger partial charge in [-0.05, 0) is 64.7 Å². The quantitative estimate of drug-likeness (QED) is 0.280. The second-order valence-corrected chi connectivity index (χ2v) is 13.0. The summed E-state index contributed by atoms with van der Waals surface area (Å²) in [5.74, 6) is 1.64. The molecular weight excluding hydrogens is 541 g/mol. The van der Waals surface area contributed by atoms with Gasteiger partial charge in [0.25, 0.3) is 0 Å². The van der Waals surface area contributed by atoms with Crippen molar-refractivity contribution < 1.29 is 9.30 Å². The van der Waals surface area contributed by atoms with Gasteiger partial charge >= 0.3 is 0 Å². The maximum Gasteiger partial charge on any atom is 0.229 e. The molecule has 0 bridgehead atoms. The van der Waals surface area contributed by atoms with E-state index in [1.54, 1.807) is 26.6 Å². The number of rotatable bonds is 6. The number of para-hydroxylation sites is 1. The van der Waals surface area contributed by atoms with Crippen molar-refractivity contribution in [2.45, 2.75) is 13.1 Å². The van der Waals surface area contributed by atoms with Crippen molar-refractivity contribution in [2.75, 3.05) is 31.1 Å². The number of halogens is 1. The summed E-state index contributed by atoms with van der Waals surface area (Å²) in [6.07, 6.45) is 3.57. The highest BCUT2D eigenvalue weighted by Crippen LogP contribution is 2.40. The predicted molar refractivity (Wildman–Crippen MR) is 148 cm³/mol. The third-order valence-corrected chi connectivity index (χ3v) is 8.24. The van der Waals surface area contributed by atoms with Crippen LogP contribution in [0.25, 0.3) is 11.1 Å². The Bertz CT molecular complexity index is 1500. The molecule has 3 N–H and O–H groups in total. The van der Waals surface area contributed by atoms with Gasteiger partial charge in [-0.3, -0.25) is 4.68 Å². The van der Waals surface area contributed by atoms with E-state index in [2.05, 4.69) is 53.0 Å². The van der Waals surface area contributed by atoms with E-state index in [-0.39, 0.29) is 0 Å². The zero-order valence-electron chi connectivity index (χ0n) is 20.5. The third-order valence-electron chi connectivity index (χ3n) is 6.11. The van der Waals surface area contributed by atoms with Crippen LogP contribution in [0.5, 0.6) is 5.75 Å². The number of methoxy groups -OCH3 is 1. The Labute approximate surface area is 218 Å². The van der Waals surface area contributed by atoms with Crippen LogP contribution in [0, 0.1) is 0 Å². The number of benzene rings is 2. The Morgan fingerprint density at radius 3 is 2.67 bits per heavy atom. The van der Waals surface area contributed by atoms with Crippen molar-refractivity contribution in [2.24, 2.45) is 7.05 Å². The molecule has 0 saturated carbocycles. The Kier molecular flexibility index (Phi) is 6.59. The van der Waals surface area contributed by atoms with Gasteiger partial charge in [0.1, 0.15) is 18.7 Å². The van der Waals surface area contributed by atoms with Crippen LogP contribution in [-0.4, -0.2) is 40.2 Å². The van der Waals surface area contributed by atoms with Gasteiger partial charge in [-0.15, -0.1) is 0 Å². The minimum atomic E-state index is -2.49. The minimum absolute atomic E-state index is 0.394. The summed E-state index contributed by atoms with van der Waals surface area (Å²) < 4.78 is 21.1. The first-order valence-electron chi connectivity index (χ1n) is 11.4. The molecule has 3 heterocycles. The van der Waals surface area contributed by atoms with Crippen LogP contribution in [0.2, 0.25) is 0 Å². The molecule has 11 heteroatoms. The fourth-order valence-electron chi connectivity index (χ4n) is 4.31. The van der Waals surface area contributed by atoms with Gasteiger partial charge in [-0.1, -0.05) is 12.1 Å². The van der Waals surface area contributed by atoms with Gasteiger partial charge in [0.15, 0.2) is 0 Å². The topological polar surface area (TPSA) is 106 Å². The van der Waals surface area contributed by atoms with Crippen LogP contribution in [-0.2, 0) is 24.7 Å². The number of nitrogens with zero attached hydrogens (tertiary/aromatic N) is 4. The zero-order valence-corrected chi connectivity index (χ0v) is 22.9. The van der Waals surface area contributed by atoms with Crippen molar-refractivity contribution in [3.05, 3.63) is 64.5 Å². The standard InChI is InChI=1S/C25H27BrN7O2P/c1-33-21-14-27-11-15-9-22(35-2)20(10-16(15)17(21)12-29-33)31-25-28-13-18(26)24(32-25)30-19-7-5-6-8-23(19)36(3,4)34/h5-10,12-13,27H,11,14H2,1-4H3,(H2,28,30,31,32). The molecule has 36 heavy (non-hydrogen) atoms. The molecular formula is C25H27BrN7O2P. The van der Waals surface area contributed by atoms with Gasteiger partial charge in [-0.25, -0.2) is 4.98 Å². The van der Waals surface area contributed by atoms with Crippen molar-refractivity contribution in [1.29, 1.82) is 0 Å². The van der Waals surface area contributed by atoms with Crippen LogP contribution < -0.4 is 26.0 Å². The van der Waals surface area contributed by atoms with E-state index in [0.29, 0.717) is 22.0 Å². The summed E-state index contributed by atoms with van der Waals surface area (Å²) in [7, 11) is 1.11. The van der Waals surface area contributed by atoms with E-state index in [9.17, 15) is 4.57 Å². The molecule has 9 nitrogen and oxygen atoms in total. The van der Waals surface area contributed by atoms with Gasteiger partial charge in [-0.2, -0.15) is 10.1 Å². The van der Waals surface area contributed by atoms with Gasteiger partial charge in [0, 0.05) is 37.2 Å². The fourth-order valence-corrected chi connectivity index (χ4v) is 5.76. The Balaban J connectivity index is 1.51. The maximum atomic E-state index is 12.8. The highest BCUT2D eigenvalue weighted by molar-refractivity contribution is 9.10. The molecule has 0 radical (unpaired) electrons. The molecule has 0 spiro atoms. The first-order valence-corrected chi connectivity index (χ1v) is 14.8. The second kappa shape index (κ2) is 9.69. The summed E-state index contributed by atoms with van der Waals surface area (Å²) >= 11 is 3.53. The number of hydrogen-bond acceptors (Lipinski definition) is 8. The lowest BCUT2D eigenvalue weighted by atomic mass is 9.99. The molecule has 0 unspecified atom stereocenters. The number of ether oxygens (including phenoxy) is 1. The van der Waals surface area contributed by atoms with Crippen molar-refractivity contribution >= 4 is 51.5 Å². The number of aromatic nitrogens is 4. The van der Waals surface area contributed by atoms with Gasteiger partial charge in [0.05, 0.1) is 34.8 Å². The molecule has 1 aliphatic heterocycles. The van der Waals surface area contributed by atoms with E-state index in [1.807, 2.05) is 48.3 Å². The second-order valence-electron chi connectivity index (χ2n) is 8.95. The van der Waals surface area contributed by atoms with Crippen LogP contribution >= 0.6 is 23.1 Å². The van der Waals surface area contributed by atoms with E-state index >= 15 is 0 Å². The van der Waals surface area contributed by atoms with Gasteiger partial charge < -0.3 is 25.3 Å². The van der Waals surface area contributed by atoms with E-state index in [1.165, 1.54) is 0 Å². The van der Waals surface area contributed by atoms with Gasteiger partial charge in [0.2, 0.25) is 5.95 Å². The molecule has 5 rings (SSSR count). The van der Waals surface area contributed by atoms with Crippen LogP contribution in [0.15, 0.2) is 53.3 Å². The maximum absolute atomic E-state index is 12.8. The molecule has 0 atom stereocenters. The third kappa shape index (κ3) is 4.76. The molecule has 0 aliphatic carbocycles. The SMILES string of the molecule is COc1cc2c(cc1Nc1ncc(Br)c(Nc3ccccc3P(C)(C)=O)n1)-c1cnn(C)c1CNC2. The molecule has 2 aromatic carbocycles. The highest BCUT2D eigenvalue weighted by Gasteiger charge is 2.21. The van der Waals surface area contributed by atoms with Crippen LogP contribution in [0.4, 0.5) is 23.1 Å². The molecule has 0 saturated heterocycles. The normalized spacial score (nSPS) is 12.9. The molecule has 0 amide bonds. The lowest BCUT2D eigenvalue weighted by Gasteiger charge is -2.17. The summed E-state index contributed by atoms with van der Waals surface area (Å²) in [4.78, 5) is 9.14.